The molecule has 0 radical (unpaired) electrons. The third-order valence-corrected chi connectivity index (χ3v) is 5.15. The summed E-state index contributed by atoms with van der Waals surface area (Å²) < 4.78 is 15.5. The maximum absolute atomic E-state index is 13.0. The van der Waals surface area contributed by atoms with Crippen LogP contribution in [0, 0.1) is 5.92 Å². The van der Waals surface area contributed by atoms with Crippen LogP contribution < -0.4 is 10.9 Å². The number of fused-ring (bicyclic) bond motifs is 1. The maximum atomic E-state index is 13.0. The van der Waals surface area contributed by atoms with Gasteiger partial charge in [0.2, 0.25) is 11.8 Å². The van der Waals surface area contributed by atoms with Gasteiger partial charge in [-0.3, -0.25) is 19.0 Å². The number of hydrogen-bond acceptors (Lipinski definition) is 5. The number of aromatic nitrogens is 3. The van der Waals surface area contributed by atoms with Gasteiger partial charge in [0.05, 0.1) is 19.3 Å². The quantitative estimate of drug-likeness (QED) is 0.680. The van der Waals surface area contributed by atoms with Gasteiger partial charge in [0.1, 0.15) is 11.8 Å². The largest absolute Gasteiger partial charge is 0.494 e. The number of nitrogens with one attached hydrogen (secondary N) is 1. The predicted octanol–water partition coefficient (Wildman–Crippen LogP) is 0.943. The molecule has 160 valence electrons. The molecule has 2 aliphatic rings. The molecule has 2 N–H and O–H groups in total. The van der Waals surface area contributed by atoms with Crippen molar-refractivity contribution in [3.8, 4) is 5.88 Å². The van der Waals surface area contributed by atoms with Gasteiger partial charge >= 0.3 is 0 Å². The standard InChI is InChI=1S/C20H24FN5O4/c1-11(2)8-25-18-12(3-6-15(27)24-9-13(21)10-24)7-22-26(18)20(30)16(19(25)29)17(28)23-14-4-5-14/h3,6-7,11,13-14,29H,4-5,8-10H2,1-2H3,(H,23,28). The average molecular weight is 417 g/mol. The molecule has 4 rings (SSSR count). The van der Waals surface area contributed by atoms with E-state index in [1.165, 1.54) is 27.8 Å². The lowest BCUT2D eigenvalue weighted by Crippen LogP contribution is -2.50. The smallest absolute Gasteiger partial charge is 0.291 e. The van der Waals surface area contributed by atoms with E-state index in [2.05, 4.69) is 10.4 Å². The number of nitrogens with zero attached hydrogens (tertiary/aromatic N) is 4. The van der Waals surface area contributed by atoms with Crippen molar-refractivity contribution >= 4 is 23.5 Å². The number of likely N-dealkylation sites (tertiary alicyclic amines) is 1. The first kappa shape index (κ1) is 20.1. The van der Waals surface area contributed by atoms with Crippen LogP contribution in [0.3, 0.4) is 0 Å². The first-order valence-corrected chi connectivity index (χ1v) is 10.0. The Kier molecular flexibility index (Phi) is 5.08. The Hall–Kier alpha value is -3.17. The Morgan fingerprint density at radius 2 is 2.07 bits per heavy atom. The molecular weight excluding hydrogens is 393 g/mol. The molecule has 1 aliphatic heterocycles. The van der Waals surface area contributed by atoms with E-state index in [0.717, 1.165) is 17.4 Å². The first-order chi connectivity index (χ1) is 14.3. The fourth-order valence-electron chi connectivity index (χ4n) is 3.42. The third kappa shape index (κ3) is 3.69. The number of carbonyl (C=O) groups excluding carboxylic acids is 2. The summed E-state index contributed by atoms with van der Waals surface area (Å²) in [6.45, 7) is 4.33. The Balaban J connectivity index is 1.77. The summed E-state index contributed by atoms with van der Waals surface area (Å²) >= 11 is 0. The lowest BCUT2D eigenvalue weighted by Gasteiger charge is -2.33. The molecule has 0 aromatic carbocycles. The highest BCUT2D eigenvalue weighted by atomic mass is 19.1. The van der Waals surface area contributed by atoms with E-state index in [0.29, 0.717) is 12.1 Å². The van der Waals surface area contributed by atoms with Crippen LogP contribution in [-0.2, 0) is 11.3 Å². The van der Waals surface area contributed by atoms with Crippen LogP contribution >= 0.6 is 0 Å². The van der Waals surface area contributed by atoms with Crippen LogP contribution in [-0.4, -0.2) is 61.3 Å². The Labute approximate surface area is 171 Å². The molecule has 2 fully saturated rings. The maximum Gasteiger partial charge on any atom is 0.291 e. The van der Waals surface area contributed by atoms with E-state index in [4.69, 9.17) is 0 Å². The monoisotopic (exact) mass is 417 g/mol. The number of hydrogen-bond donors (Lipinski definition) is 2. The molecule has 3 heterocycles. The molecular formula is C20H24FN5O4. The highest BCUT2D eigenvalue weighted by molar-refractivity contribution is 5.97. The minimum absolute atomic E-state index is 0.0260. The van der Waals surface area contributed by atoms with E-state index in [-0.39, 0.29) is 42.2 Å². The second-order valence-corrected chi connectivity index (χ2v) is 8.27. The zero-order valence-corrected chi connectivity index (χ0v) is 16.8. The van der Waals surface area contributed by atoms with Gasteiger partial charge in [-0.15, -0.1) is 0 Å². The summed E-state index contributed by atoms with van der Waals surface area (Å²) in [4.78, 5) is 39.0. The minimum atomic E-state index is -0.993. The van der Waals surface area contributed by atoms with Crippen molar-refractivity contribution < 1.29 is 19.1 Å². The van der Waals surface area contributed by atoms with Crippen molar-refractivity contribution in [2.24, 2.45) is 5.92 Å². The van der Waals surface area contributed by atoms with Crippen LogP contribution in [0.15, 0.2) is 17.1 Å². The second-order valence-electron chi connectivity index (χ2n) is 8.27. The van der Waals surface area contributed by atoms with E-state index in [1.54, 1.807) is 0 Å². The summed E-state index contributed by atoms with van der Waals surface area (Å²) in [5.41, 5.74) is -0.359. The molecule has 30 heavy (non-hydrogen) atoms. The molecule has 10 heteroatoms. The fraction of sp³-hybridized carbons (Fsp3) is 0.500. The first-order valence-electron chi connectivity index (χ1n) is 10.0. The Morgan fingerprint density at radius 1 is 1.37 bits per heavy atom. The Morgan fingerprint density at radius 3 is 2.67 bits per heavy atom. The van der Waals surface area contributed by atoms with Crippen molar-refractivity contribution in [2.75, 3.05) is 13.1 Å². The fourth-order valence-corrected chi connectivity index (χ4v) is 3.42. The number of rotatable bonds is 6. The molecule has 1 saturated carbocycles. The number of aromatic hydroxyl groups is 1. The normalized spacial score (nSPS) is 17.1. The van der Waals surface area contributed by atoms with Gasteiger partial charge in [0.25, 0.3) is 11.5 Å². The Bertz CT molecular complexity index is 1090. The topological polar surface area (TPSA) is 109 Å². The summed E-state index contributed by atoms with van der Waals surface area (Å²) in [5.74, 6) is -1.30. The molecule has 0 spiro atoms. The predicted molar refractivity (Wildman–Crippen MR) is 107 cm³/mol. The van der Waals surface area contributed by atoms with Crippen molar-refractivity contribution in [3.63, 3.8) is 0 Å². The van der Waals surface area contributed by atoms with Gasteiger partial charge in [-0.2, -0.15) is 9.61 Å². The van der Waals surface area contributed by atoms with Gasteiger partial charge in [-0.05, 0) is 24.8 Å². The molecule has 2 aromatic heterocycles. The van der Waals surface area contributed by atoms with E-state index in [9.17, 15) is 23.9 Å². The minimum Gasteiger partial charge on any atom is -0.494 e. The molecule has 1 saturated heterocycles. The van der Waals surface area contributed by atoms with Crippen LogP contribution in [0.25, 0.3) is 11.7 Å². The molecule has 0 unspecified atom stereocenters. The summed E-state index contributed by atoms with van der Waals surface area (Å²) in [5, 5.41) is 17.6. The summed E-state index contributed by atoms with van der Waals surface area (Å²) in [6.07, 6.45) is 4.87. The van der Waals surface area contributed by atoms with Crippen molar-refractivity contribution in [1.82, 2.24) is 24.4 Å². The number of halogens is 1. The molecule has 0 atom stereocenters. The average Bonchev–Trinajstić information content (AvgIpc) is 3.36. The summed E-state index contributed by atoms with van der Waals surface area (Å²) in [6, 6.07) is 0.0260. The van der Waals surface area contributed by atoms with Gasteiger partial charge in [-0.1, -0.05) is 13.8 Å². The van der Waals surface area contributed by atoms with Crippen molar-refractivity contribution in [3.05, 3.63) is 33.8 Å². The van der Waals surface area contributed by atoms with E-state index < -0.39 is 23.5 Å². The molecule has 1 aliphatic carbocycles. The SMILES string of the molecule is CC(C)Cn1c(O)c(C(=O)NC2CC2)c(=O)n2ncc(C=CC(=O)N3CC(F)C3)c12. The lowest BCUT2D eigenvalue weighted by molar-refractivity contribution is -0.132. The van der Waals surface area contributed by atoms with E-state index in [1.807, 2.05) is 13.8 Å². The van der Waals surface area contributed by atoms with Crippen LogP contribution in [0.5, 0.6) is 5.88 Å². The molecule has 2 amide bonds. The summed E-state index contributed by atoms with van der Waals surface area (Å²) in [7, 11) is 0. The number of carbonyl (C=O) groups is 2. The van der Waals surface area contributed by atoms with Gasteiger partial charge in [0.15, 0.2) is 5.56 Å². The van der Waals surface area contributed by atoms with Crippen molar-refractivity contribution in [1.29, 1.82) is 0 Å². The zero-order valence-electron chi connectivity index (χ0n) is 16.8. The molecule has 2 aromatic rings. The lowest BCUT2D eigenvalue weighted by atomic mass is 10.1. The van der Waals surface area contributed by atoms with Crippen LogP contribution in [0.1, 0.15) is 42.6 Å². The second kappa shape index (κ2) is 7.58. The van der Waals surface area contributed by atoms with Crippen LogP contribution in [0.4, 0.5) is 4.39 Å². The van der Waals surface area contributed by atoms with Crippen molar-refractivity contribution in [2.45, 2.75) is 45.4 Å². The van der Waals surface area contributed by atoms with Crippen LogP contribution in [0.2, 0.25) is 0 Å². The molecule has 9 nitrogen and oxygen atoms in total. The van der Waals surface area contributed by atoms with E-state index >= 15 is 0 Å². The number of alkyl halides is 1. The number of amides is 2. The third-order valence-electron chi connectivity index (χ3n) is 5.15. The van der Waals surface area contributed by atoms with Gasteiger partial charge in [-0.25, -0.2) is 4.39 Å². The zero-order chi connectivity index (χ0) is 21.6. The molecule has 0 bridgehead atoms. The van der Waals surface area contributed by atoms with Gasteiger partial charge < -0.3 is 15.3 Å². The highest BCUT2D eigenvalue weighted by Gasteiger charge is 2.30. The van der Waals surface area contributed by atoms with Gasteiger partial charge in [0, 0.05) is 24.2 Å². The highest BCUT2D eigenvalue weighted by Crippen LogP contribution is 2.24.